The second kappa shape index (κ2) is 6.02. The van der Waals surface area contributed by atoms with Crippen LogP contribution in [0.25, 0.3) is 0 Å². The zero-order valence-corrected chi connectivity index (χ0v) is 10.8. The summed E-state index contributed by atoms with van der Waals surface area (Å²) >= 11 is 0. The Kier molecular flexibility index (Phi) is 4.36. The summed E-state index contributed by atoms with van der Waals surface area (Å²) in [6.45, 7) is -0.613. The number of alkyl halides is 2. The smallest absolute Gasteiger partial charge is 0.323 e. The van der Waals surface area contributed by atoms with Crippen LogP contribution in [0.1, 0.15) is 23.3 Å². The van der Waals surface area contributed by atoms with Crippen molar-refractivity contribution in [3.8, 4) is 0 Å². The molecule has 1 aliphatic carbocycles. The van der Waals surface area contributed by atoms with Crippen LogP contribution in [-0.4, -0.2) is 46.0 Å². The number of aromatic nitrogens is 1. The Hall–Kier alpha value is -1.92. The van der Waals surface area contributed by atoms with E-state index in [4.69, 9.17) is 5.11 Å². The molecule has 7 heteroatoms. The summed E-state index contributed by atoms with van der Waals surface area (Å²) < 4.78 is 26.0. The molecule has 5 nitrogen and oxygen atoms in total. The predicted octanol–water partition coefficient (Wildman–Crippen LogP) is 1.69. The van der Waals surface area contributed by atoms with Crippen molar-refractivity contribution in [2.24, 2.45) is 5.92 Å². The van der Waals surface area contributed by atoms with Crippen molar-refractivity contribution in [1.29, 1.82) is 0 Å². The van der Waals surface area contributed by atoms with Gasteiger partial charge >= 0.3 is 5.97 Å². The van der Waals surface area contributed by atoms with Crippen LogP contribution in [0.3, 0.4) is 0 Å². The number of carbonyl (C=O) groups excluding carboxylic acids is 1. The van der Waals surface area contributed by atoms with E-state index in [1.54, 1.807) is 0 Å². The summed E-state index contributed by atoms with van der Waals surface area (Å²) in [7, 11) is 0. The fraction of sp³-hybridized carbons (Fsp3) is 0.538. The van der Waals surface area contributed by atoms with Gasteiger partial charge in [0.1, 0.15) is 12.2 Å². The first kappa shape index (κ1) is 14.5. The number of halogens is 2. The van der Waals surface area contributed by atoms with Crippen molar-refractivity contribution < 1.29 is 23.5 Å². The van der Waals surface area contributed by atoms with Gasteiger partial charge in [-0.25, -0.2) is 8.78 Å². The summed E-state index contributed by atoms with van der Waals surface area (Å²) in [5.41, 5.74) is 0.104. The minimum Gasteiger partial charge on any atom is -0.480 e. The van der Waals surface area contributed by atoms with Gasteiger partial charge in [-0.1, -0.05) is 0 Å². The van der Waals surface area contributed by atoms with Gasteiger partial charge in [-0.3, -0.25) is 9.59 Å². The van der Waals surface area contributed by atoms with E-state index in [9.17, 15) is 18.4 Å². The van der Waals surface area contributed by atoms with Crippen molar-refractivity contribution in [3.05, 3.63) is 24.0 Å². The maximum atomic E-state index is 12.4. The number of hydrogen-bond acceptors (Lipinski definition) is 2. The van der Waals surface area contributed by atoms with E-state index in [0.29, 0.717) is 12.5 Å². The second-order valence-electron chi connectivity index (χ2n) is 4.96. The number of aliphatic carboxylic acids is 1. The van der Waals surface area contributed by atoms with Gasteiger partial charge in [-0.2, -0.15) is 0 Å². The molecule has 0 spiro atoms. The molecule has 1 saturated carbocycles. The molecule has 0 aromatic carbocycles. The number of amides is 1. The average Bonchev–Trinajstić information content (AvgIpc) is 3.04. The first-order valence-electron chi connectivity index (χ1n) is 6.41. The van der Waals surface area contributed by atoms with Gasteiger partial charge in [0.2, 0.25) is 0 Å². The molecular formula is C13H16F2N2O3. The van der Waals surface area contributed by atoms with E-state index in [1.807, 2.05) is 0 Å². The van der Waals surface area contributed by atoms with Crippen LogP contribution < -0.4 is 0 Å². The molecule has 0 aliphatic heterocycles. The Morgan fingerprint density at radius 1 is 1.45 bits per heavy atom. The number of rotatable bonds is 7. The lowest BCUT2D eigenvalue weighted by atomic mass is 10.3. The minimum atomic E-state index is -2.56. The number of nitrogens with zero attached hydrogens (tertiary/aromatic N) is 2. The van der Waals surface area contributed by atoms with Gasteiger partial charge in [-0.05, 0) is 30.9 Å². The van der Waals surface area contributed by atoms with Crippen molar-refractivity contribution >= 4 is 11.9 Å². The third-order valence-electron chi connectivity index (χ3n) is 3.17. The van der Waals surface area contributed by atoms with Crippen molar-refractivity contribution in [1.82, 2.24) is 9.47 Å². The Balaban J connectivity index is 2.13. The molecule has 1 aromatic rings. The topological polar surface area (TPSA) is 62.5 Å². The molecule has 0 unspecified atom stereocenters. The second-order valence-corrected chi connectivity index (χ2v) is 4.96. The highest BCUT2D eigenvalue weighted by molar-refractivity contribution is 5.94. The number of carboxylic acid groups (broad SMARTS) is 1. The molecule has 0 radical (unpaired) electrons. The van der Waals surface area contributed by atoms with Gasteiger partial charge in [0, 0.05) is 12.7 Å². The van der Waals surface area contributed by atoms with E-state index in [1.165, 1.54) is 23.2 Å². The lowest BCUT2D eigenvalue weighted by Crippen LogP contribution is -2.38. The van der Waals surface area contributed by atoms with E-state index in [2.05, 4.69) is 0 Å². The third kappa shape index (κ3) is 3.79. The fourth-order valence-electron chi connectivity index (χ4n) is 2.07. The third-order valence-corrected chi connectivity index (χ3v) is 3.17. The van der Waals surface area contributed by atoms with E-state index in [0.717, 1.165) is 17.4 Å². The molecule has 0 bridgehead atoms. The lowest BCUT2D eigenvalue weighted by Gasteiger charge is -2.21. The minimum absolute atomic E-state index is 0.104. The lowest BCUT2D eigenvalue weighted by molar-refractivity contribution is -0.137. The zero-order chi connectivity index (χ0) is 14.7. The molecule has 1 amide bonds. The van der Waals surface area contributed by atoms with Crippen LogP contribution in [0.15, 0.2) is 18.3 Å². The SMILES string of the molecule is O=C(O)CN(CC1CC1)C(=O)c1cccn1CC(F)F. The van der Waals surface area contributed by atoms with E-state index < -0.39 is 31.4 Å². The highest BCUT2D eigenvalue weighted by Crippen LogP contribution is 2.30. The number of hydrogen-bond donors (Lipinski definition) is 1. The molecule has 1 heterocycles. The summed E-state index contributed by atoms with van der Waals surface area (Å²) in [4.78, 5) is 24.4. The normalized spacial score (nSPS) is 14.6. The van der Waals surface area contributed by atoms with Gasteiger partial charge in [0.25, 0.3) is 12.3 Å². The Morgan fingerprint density at radius 2 is 2.15 bits per heavy atom. The Morgan fingerprint density at radius 3 is 2.70 bits per heavy atom. The van der Waals surface area contributed by atoms with Crippen LogP contribution in [0, 0.1) is 5.92 Å². The molecule has 110 valence electrons. The van der Waals surface area contributed by atoms with Gasteiger partial charge in [0.15, 0.2) is 0 Å². The van der Waals surface area contributed by atoms with Gasteiger partial charge in [0.05, 0.1) is 6.54 Å². The predicted molar refractivity (Wildman–Crippen MR) is 66.7 cm³/mol. The molecule has 1 N–H and O–H groups in total. The first-order valence-corrected chi connectivity index (χ1v) is 6.41. The van der Waals surface area contributed by atoms with E-state index >= 15 is 0 Å². The molecule has 0 saturated heterocycles. The quantitative estimate of drug-likeness (QED) is 0.829. The fourth-order valence-corrected chi connectivity index (χ4v) is 2.07. The maximum absolute atomic E-state index is 12.4. The summed E-state index contributed by atoms with van der Waals surface area (Å²) in [5.74, 6) is -1.28. The Labute approximate surface area is 114 Å². The highest BCUT2D eigenvalue weighted by atomic mass is 19.3. The molecule has 20 heavy (non-hydrogen) atoms. The monoisotopic (exact) mass is 286 g/mol. The van der Waals surface area contributed by atoms with Crippen LogP contribution >= 0.6 is 0 Å². The Bertz CT molecular complexity index is 498. The molecule has 2 rings (SSSR count). The summed E-state index contributed by atoms with van der Waals surface area (Å²) in [5, 5.41) is 8.86. The van der Waals surface area contributed by atoms with Gasteiger partial charge < -0.3 is 14.6 Å². The van der Waals surface area contributed by atoms with Crippen molar-refractivity contribution in [3.63, 3.8) is 0 Å². The molecule has 0 atom stereocenters. The summed E-state index contributed by atoms with van der Waals surface area (Å²) in [6.07, 6.45) is 0.781. The standard InChI is InChI=1S/C13H16F2N2O3/c14-11(15)7-16-5-1-2-10(16)13(20)17(8-12(18)19)6-9-3-4-9/h1-2,5,9,11H,3-4,6-8H2,(H,18,19). The van der Waals surface area contributed by atoms with Crippen LogP contribution in [-0.2, 0) is 11.3 Å². The number of carboxylic acids is 1. The molecule has 1 aromatic heterocycles. The van der Waals surface area contributed by atoms with Crippen LogP contribution in [0.4, 0.5) is 8.78 Å². The maximum Gasteiger partial charge on any atom is 0.323 e. The molecular weight excluding hydrogens is 270 g/mol. The van der Waals surface area contributed by atoms with Crippen molar-refractivity contribution in [2.45, 2.75) is 25.8 Å². The van der Waals surface area contributed by atoms with Crippen molar-refractivity contribution in [2.75, 3.05) is 13.1 Å². The zero-order valence-electron chi connectivity index (χ0n) is 10.8. The molecule has 1 fully saturated rings. The molecule has 1 aliphatic rings. The van der Waals surface area contributed by atoms with Gasteiger partial charge in [-0.15, -0.1) is 0 Å². The number of carbonyl (C=O) groups is 2. The summed E-state index contributed by atoms with van der Waals surface area (Å²) in [6, 6.07) is 2.94. The van der Waals surface area contributed by atoms with Crippen LogP contribution in [0.2, 0.25) is 0 Å². The van der Waals surface area contributed by atoms with E-state index in [-0.39, 0.29) is 5.69 Å². The largest absolute Gasteiger partial charge is 0.480 e. The highest BCUT2D eigenvalue weighted by Gasteiger charge is 2.29. The average molecular weight is 286 g/mol. The first-order chi connectivity index (χ1) is 9.47. The van der Waals surface area contributed by atoms with Crippen LogP contribution in [0.5, 0.6) is 0 Å².